The number of carbonyl (C=O) groups is 1. The first-order valence-electron chi connectivity index (χ1n) is 9.18. The molecule has 11 heteroatoms. The van der Waals surface area contributed by atoms with Crippen molar-refractivity contribution in [3.8, 4) is 12.1 Å². The standard InChI is InChI=1S/C20H16F5N5O/c1-30-15(20(23,24)25)7-16(29-30)28-18(31)17(13-2-3-19(21,22)8-13)14-5-11(9-26)4-12(6-14)10-27/h4-7,13,17H,2-3,8H2,1H3,(H,28,29,31)/t13-,17+/m0/s1. The Labute approximate surface area is 173 Å². The normalized spacial score (nSPS) is 18.8. The van der Waals surface area contributed by atoms with Crippen LogP contribution in [-0.2, 0) is 18.0 Å². The van der Waals surface area contributed by atoms with Crippen molar-refractivity contribution in [1.29, 1.82) is 10.5 Å². The highest BCUT2D eigenvalue weighted by Gasteiger charge is 2.45. The Morgan fingerprint density at radius 1 is 1.23 bits per heavy atom. The molecule has 1 aliphatic carbocycles. The topological polar surface area (TPSA) is 94.5 Å². The summed E-state index contributed by atoms with van der Waals surface area (Å²) in [6.07, 6.45) is -5.73. The summed E-state index contributed by atoms with van der Waals surface area (Å²) in [6, 6.07) is 8.27. The molecule has 0 unspecified atom stereocenters. The van der Waals surface area contributed by atoms with E-state index in [-0.39, 0.29) is 28.9 Å². The maximum atomic E-state index is 13.9. The number of hydrogen-bond donors (Lipinski definition) is 1. The van der Waals surface area contributed by atoms with Crippen molar-refractivity contribution < 1.29 is 26.7 Å². The van der Waals surface area contributed by atoms with Crippen LogP contribution < -0.4 is 5.32 Å². The van der Waals surface area contributed by atoms with Gasteiger partial charge in [0.1, 0.15) is 5.69 Å². The van der Waals surface area contributed by atoms with E-state index >= 15 is 0 Å². The Hall–Kier alpha value is -3.47. The van der Waals surface area contributed by atoms with Crippen LogP contribution in [0.1, 0.15) is 47.6 Å². The molecule has 2 atom stereocenters. The lowest BCUT2D eigenvalue weighted by molar-refractivity contribution is -0.143. The third-order valence-corrected chi connectivity index (χ3v) is 5.19. The fourth-order valence-electron chi connectivity index (χ4n) is 3.86. The minimum absolute atomic E-state index is 0.000224. The fourth-order valence-corrected chi connectivity index (χ4v) is 3.86. The molecule has 3 rings (SSSR count). The first kappa shape index (κ1) is 22.2. The molecule has 1 heterocycles. The van der Waals surface area contributed by atoms with Gasteiger partial charge in [-0.15, -0.1) is 0 Å². The van der Waals surface area contributed by atoms with Gasteiger partial charge in [-0.1, -0.05) is 0 Å². The number of aromatic nitrogens is 2. The molecule has 162 valence electrons. The lowest BCUT2D eigenvalue weighted by Gasteiger charge is -2.23. The summed E-state index contributed by atoms with van der Waals surface area (Å²) in [5.74, 6) is -6.24. The first-order chi connectivity index (χ1) is 14.4. The van der Waals surface area contributed by atoms with Gasteiger partial charge in [0.2, 0.25) is 11.8 Å². The van der Waals surface area contributed by atoms with Crippen LogP contribution in [0.15, 0.2) is 24.3 Å². The zero-order valence-corrected chi connectivity index (χ0v) is 16.2. The maximum absolute atomic E-state index is 13.9. The molecule has 0 saturated heterocycles. The third kappa shape index (κ3) is 4.82. The highest BCUT2D eigenvalue weighted by molar-refractivity contribution is 5.95. The van der Waals surface area contributed by atoms with Crippen LogP contribution in [-0.4, -0.2) is 21.6 Å². The fraction of sp³-hybridized carbons (Fsp3) is 0.400. The zero-order chi connectivity index (χ0) is 23.0. The van der Waals surface area contributed by atoms with Crippen molar-refractivity contribution in [1.82, 2.24) is 9.78 Å². The van der Waals surface area contributed by atoms with Gasteiger partial charge in [-0.25, -0.2) is 8.78 Å². The highest BCUT2D eigenvalue weighted by Crippen LogP contribution is 2.46. The van der Waals surface area contributed by atoms with Gasteiger partial charge in [0, 0.05) is 26.0 Å². The summed E-state index contributed by atoms with van der Waals surface area (Å²) in [7, 11) is 1.06. The predicted octanol–water partition coefficient (Wildman–Crippen LogP) is 4.34. The van der Waals surface area contributed by atoms with Crippen LogP contribution in [0.4, 0.5) is 27.8 Å². The van der Waals surface area contributed by atoms with Crippen molar-refractivity contribution in [3.05, 3.63) is 46.6 Å². The molecular weight excluding hydrogens is 421 g/mol. The van der Waals surface area contributed by atoms with Crippen molar-refractivity contribution in [2.45, 2.75) is 37.3 Å². The number of hydrogen-bond acceptors (Lipinski definition) is 4. The lowest BCUT2D eigenvalue weighted by Crippen LogP contribution is -2.28. The van der Waals surface area contributed by atoms with E-state index in [0.717, 1.165) is 7.05 Å². The Balaban J connectivity index is 1.99. The van der Waals surface area contributed by atoms with Crippen LogP contribution in [0, 0.1) is 28.6 Å². The predicted molar refractivity (Wildman–Crippen MR) is 97.7 cm³/mol. The van der Waals surface area contributed by atoms with Crippen molar-refractivity contribution in [3.63, 3.8) is 0 Å². The number of carbonyl (C=O) groups excluding carboxylic acids is 1. The second-order valence-corrected chi connectivity index (χ2v) is 7.43. The van der Waals surface area contributed by atoms with Crippen LogP contribution in [0.3, 0.4) is 0 Å². The van der Waals surface area contributed by atoms with E-state index in [9.17, 15) is 37.3 Å². The second kappa shape index (κ2) is 7.99. The van der Waals surface area contributed by atoms with Crippen LogP contribution in [0.5, 0.6) is 0 Å². The smallest absolute Gasteiger partial charge is 0.309 e. The minimum Gasteiger partial charge on any atom is -0.309 e. The molecule has 31 heavy (non-hydrogen) atoms. The number of amides is 1. The van der Waals surface area contributed by atoms with Crippen LogP contribution >= 0.6 is 0 Å². The number of anilines is 1. The van der Waals surface area contributed by atoms with Gasteiger partial charge < -0.3 is 5.32 Å². The molecule has 1 N–H and O–H groups in total. The van der Waals surface area contributed by atoms with E-state index in [0.29, 0.717) is 10.7 Å². The Kier molecular flexibility index (Phi) is 5.72. The number of aryl methyl sites for hydroxylation is 1. The average molecular weight is 437 g/mol. The largest absolute Gasteiger partial charge is 0.433 e. The highest BCUT2D eigenvalue weighted by atomic mass is 19.4. The van der Waals surface area contributed by atoms with Gasteiger partial charge in [0.25, 0.3) is 0 Å². The Bertz CT molecular complexity index is 1060. The maximum Gasteiger partial charge on any atom is 0.433 e. The van der Waals surface area contributed by atoms with Crippen molar-refractivity contribution in [2.75, 3.05) is 5.32 Å². The number of alkyl halides is 5. The van der Waals surface area contributed by atoms with E-state index in [1.807, 2.05) is 12.1 Å². The third-order valence-electron chi connectivity index (χ3n) is 5.19. The van der Waals surface area contributed by atoms with Crippen molar-refractivity contribution >= 4 is 11.7 Å². The van der Waals surface area contributed by atoms with Crippen LogP contribution in [0.25, 0.3) is 0 Å². The molecule has 0 bridgehead atoms. The van der Waals surface area contributed by atoms with Gasteiger partial charge in [0.05, 0.1) is 29.2 Å². The summed E-state index contributed by atoms with van der Waals surface area (Å²) in [6.45, 7) is 0. The number of rotatable bonds is 4. The number of nitriles is 2. The summed E-state index contributed by atoms with van der Waals surface area (Å²) in [5, 5.41) is 24.3. The quantitative estimate of drug-likeness (QED) is 0.720. The molecule has 1 aromatic heterocycles. The monoisotopic (exact) mass is 437 g/mol. The van der Waals surface area contributed by atoms with Gasteiger partial charge in [-0.2, -0.15) is 28.8 Å². The number of nitrogens with zero attached hydrogens (tertiary/aromatic N) is 4. The minimum atomic E-state index is -4.69. The SMILES string of the molecule is Cn1nc(NC(=O)[C@@H](c2cc(C#N)cc(C#N)c2)[C@H]2CCC(F)(F)C2)cc1C(F)(F)F. The van der Waals surface area contributed by atoms with Gasteiger partial charge in [-0.05, 0) is 36.1 Å². The molecule has 1 amide bonds. The molecule has 2 aromatic rings. The summed E-state index contributed by atoms with van der Waals surface area (Å²) >= 11 is 0. The molecule has 1 aliphatic rings. The van der Waals surface area contributed by atoms with E-state index in [1.165, 1.54) is 18.2 Å². The second-order valence-electron chi connectivity index (χ2n) is 7.43. The molecule has 1 fully saturated rings. The molecule has 0 aliphatic heterocycles. The van der Waals surface area contributed by atoms with Crippen molar-refractivity contribution in [2.24, 2.45) is 13.0 Å². The van der Waals surface area contributed by atoms with E-state index in [2.05, 4.69) is 10.4 Å². The molecule has 1 aromatic carbocycles. The van der Waals surface area contributed by atoms with E-state index in [1.54, 1.807) is 0 Å². The molecule has 6 nitrogen and oxygen atoms in total. The molecule has 0 spiro atoms. The summed E-state index contributed by atoms with van der Waals surface area (Å²) in [4.78, 5) is 13.0. The number of halogens is 5. The van der Waals surface area contributed by atoms with Gasteiger partial charge in [0.15, 0.2) is 5.82 Å². The molecular formula is C20H16F5N5O. The molecule has 0 radical (unpaired) electrons. The zero-order valence-electron chi connectivity index (χ0n) is 16.2. The lowest BCUT2D eigenvalue weighted by atomic mass is 9.82. The summed E-state index contributed by atoms with van der Waals surface area (Å²) < 4.78 is 67.3. The number of nitrogens with one attached hydrogen (secondary N) is 1. The average Bonchev–Trinajstić information content (AvgIpc) is 3.22. The molecule has 1 saturated carbocycles. The van der Waals surface area contributed by atoms with Gasteiger partial charge >= 0.3 is 6.18 Å². The Morgan fingerprint density at radius 2 is 1.84 bits per heavy atom. The summed E-state index contributed by atoms with van der Waals surface area (Å²) in [5.41, 5.74) is -0.796. The van der Waals surface area contributed by atoms with E-state index < -0.39 is 48.4 Å². The van der Waals surface area contributed by atoms with Gasteiger partial charge in [-0.3, -0.25) is 9.48 Å². The van der Waals surface area contributed by atoms with Crippen LogP contribution in [0.2, 0.25) is 0 Å². The van der Waals surface area contributed by atoms with E-state index in [4.69, 9.17) is 0 Å². The number of benzene rings is 1. The first-order valence-corrected chi connectivity index (χ1v) is 9.18. The Morgan fingerprint density at radius 3 is 2.29 bits per heavy atom.